The van der Waals surface area contributed by atoms with Crippen molar-refractivity contribution in [3.8, 4) is 5.75 Å². The number of nitrogens with zero attached hydrogens (tertiary/aromatic N) is 1. The van der Waals surface area contributed by atoms with E-state index in [1.165, 1.54) is 0 Å². The van der Waals surface area contributed by atoms with E-state index in [0.29, 0.717) is 17.7 Å². The number of ether oxygens (including phenoxy) is 1. The quantitative estimate of drug-likeness (QED) is 0.177. The van der Waals surface area contributed by atoms with Crippen LogP contribution in [0.15, 0.2) is 72.8 Å². The lowest BCUT2D eigenvalue weighted by Crippen LogP contribution is -2.23. The SMILES string of the molecule is CCCCCCOC(=O)c1ccc(N(CC)CC)c(O)c1C(c1ccccc1)c1ccccc1. The molecule has 3 aromatic carbocycles. The van der Waals surface area contributed by atoms with Gasteiger partial charge in [0, 0.05) is 24.6 Å². The molecule has 4 nitrogen and oxygen atoms in total. The number of phenolic OH excluding ortho intramolecular Hbond substituents is 1. The molecule has 0 fully saturated rings. The minimum atomic E-state index is -0.384. The number of hydrogen-bond donors (Lipinski definition) is 1. The number of esters is 1. The van der Waals surface area contributed by atoms with Crippen LogP contribution in [0.3, 0.4) is 0 Å². The molecule has 0 radical (unpaired) electrons. The van der Waals surface area contributed by atoms with Gasteiger partial charge in [-0.25, -0.2) is 4.79 Å². The molecule has 3 aromatic rings. The van der Waals surface area contributed by atoms with Crippen LogP contribution < -0.4 is 4.90 Å². The summed E-state index contributed by atoms with van der Waals surface area (Å²) in [4.78, 5) is 15.4. The molecule has 0 aliphatic heterocycles. The molecule has 0 unspecified atom stereocenters. The highest BCUT2D eigenvalue weighted by Crippen LogP contribution is 2.43. The minimum absolute atomic E-state index is 0.141. The number of carbonyl (C=O) groups is 1. The summed E-state index contributed by atoms with van der Waals surface area (Å²) in [6, 6.07) is 23.7. The van der Waals surface area contributed by atoms with Crippen LogP contribution in [0.4, 0.5) is 5.69 Å². The third-order valence-electron chi connectivity index (χ3n) is 6.31. The number of hydrogen-bond acceptors (Lipinski definition) is 4. The summed E-state index contributed by atoms with van der Waals surface area (Å²) < 4.78 is 5.68. The van der Waals surface area contributed by atoms with Crippen LogP contribution in [0.2, 0.25) is 0 Å². The van der Waals surface area contributed by atoms with Gasteiger partial charge in [-0.2, -0.15) is 0 Å². The zero-order chi connectivity index (χ0) is 24.3. The van der Waals surface area contributed by atoms with Gasteiger partial charge >= 0.3 is 5.97 Å². The van der Waals surface area contributed by atoms with Gasteiger partial charge in [0.15, 0.2) is 0 Å². The van der Waals surface area contributed by atoms with Gasteiger partial charge in [-0.1, -0.05) is 86.8 Å². The summed E-state index contributed by atoms with van der Waals surface area (Å²) in [7, 11) is 0. The van der Waals surface area contributed by atoms with E-state index in [2.05, 4.69) is 25.7 Å². The molecular weight excluding hydrogens is 422 g/mol. The fraction of sp³-hybridized carbons (Fsp3) is 0.367. The van der Waals surface area contributed by atoms with Gasteiger partial charge in [0.1, 0.15) is 5.75 Å². The molecule has 0 bridgehead atoms. The number of anilines is 1. The van der Waals surface area contributed by atoms with E-state index in [4.69, 9.17) is 4.74 Å². The largest absolute Gasteiger partial charge is 0.505 e. The lowest BCUT2D eigenvalue weighted by Gasteiger charge is -2.28. The molecule has 0 heterocycles. The molecular formula is C30H37NO3. The van der Waals surface area contributed by atoms with Gasteiger partial charge in [-0.15, -0.1) is 0 Å². The van der Waals surface area contributed by atoms with E-state index in [0.717, 1.165) is 55.6 Å². The first kappa shape index (κ1) is 25.4. The molecule has 0 aliphatic rings. The fourth-order valence-corrected chi connectivity index (χ4v) is 4.47. The lowest BCUT2D eigenvalue weighted by molar-refractivity contribution is 0.0496. The van der Waals surface area contributed by atoms with E-state index < -0.39 is 0 Å². The topological polar surface area (TPSA) is 49.8 Å². The second-order valence-electron chi connectivity index (χ2n) is 8.52. The summed E-state index contributed by atoms with van der Waals surface area (Å²) in [6.07, 6.45) is 4.15. The van der Waals surface area contributed by atoms with Crippen molar-refractivity contribution >= 4 is 11.7 Å². The summed E-state index contributed by atoms with van der Waals surface area (Å²) in [5.41, 5.74) is 3.77. The summed E-state index contributed by atoms with van der Waals surface area (Å²) >= 11 is 0. The number of benzene rings is 3. The predicted molar refractivity (Wildman–Crippen MR) is 140 cm³/mol. The van der Waals surface area contributed by atoms with E-state index in [1.54, 1.807) is 0 Å². The standard InChI is InChI=1S/C30H37NO3/c1-4-7-8-15-22-34-30(33)25-20-21-26(31(5-2)6-3)29(32)28(25)27(23-16-11-9-12-17-23)24-18-13-10-14-19-24/h9-14,16-21,27,32H,4-8,15,22H2,1-3H3. The number of unbranched alkanes of at least 4 members (excludes halogenated alkanes) is 3. The Hall–Kier alpha value is -3.27. The highest BCUT2D eigenvalue weighted by molar-refractivity contribution is 5.94. The van der Waals surface area contributed by atoms with E-state index >= 15 is 0 Å². The molecule has 0 aromatic heterocycles. The van der Waals surface area contributed by atoms with E-state index in [-0.39, 0.29) is 17.6 Å². The minimum Gasteiger partial charge on any atom is -0.505 e. The average molecular weight is 460 g/mol. The maximum atomic E-state index is 13.3. The Kier molecular flexibility index (Phi) is 9.57. The Morgan fingerprint density at radius 2 is 1.41 bits per heavy atom. The zero-order valence-electron chi connectivity index (χ0n) is 20.7. The number of carbonyl (C=O) groups excluding carboxylic acids is 1. The molecule has 180 valence electrons. The molecule has 4 heteroatoms. The molecule has 0 saturated heterocycles. The van der Waals surface area contributed by atoms with Crippen LogP contribution >= 0.6 is 0 Å². The molecule has 0 aliphatic carbocycles. The normalized spacial score (nSPS) is 10.9. The van der Waals surface area contributed by atoms with Gasteiger partial charge in [-0.3, -0.25) is 0 Å². The van der Waals surface area contributed by atoms with Crippen molar-refractivity contribution in [3.05, 3.63) is 95.1 Å². The molecule has 0 saturated carbocycles. The third kappa shape index (κ3) is 5.99. The van der Waals surface area contributed by atoms with Gasteiger partial charge in [0.2, 0.25) is 0 Å². The smallest absolute Gasteiger partial charge is 0.338 e. The van der Waals surface area contributed by atoms with Crippen LogP contribution in [0, 0.1) is 0 Å². The van der Waals surface area contributed by atoms with Crippen molar-refractivity contribution in [2.24, 2.45) is 0 Å². The van der Waals surface area contributed by atoms with E-state index in [9.17, 15) is 9.90 Å². The van der Waals surface area contributed by atoms with E-state index in [1.807, 2.05) is 72.8 Å². The highest BCUT2D eigenvalue weighted by Gasteiger charge is 2.29. The monoisotopic (exact) mass is 459 g/mol. The summed E-state index contributed by atoms with van der Waals surface area (Å²) in [5, 5.41) is 11.6. The van der Waals surface area contributed by atoms with Crippen molar-refractivity contribution in [2.75, 3.05) is 24.6 Å². The van der Waals surface area contributed by atoms with Crippen molar-refractivity contribution in [2.45, 2.75) is 52.4 Å². The van der Waals surface area contributed by atoms with Crippen LogP contribution in [0.5, 0.6) is 5.75 Å². The van der Waals surface area contributed by atoms with Crippen LogP contribution in [0.25, 0.3) is 0 Å². The second kappa shape index (κ2) is 12.8. The summed E-state index contributed by atoms with van der Waals surface area (Å²) in [6.45, 7) is 8.18. The first-order valence-electron chi connectivity index (χ1n) is 12.5. The summed E-state index contributed by atoms with van der Waals surface area (Å²) in [5.74, 6) is -0.549. The van der Waals surface area contributed by atoms with Gasteiger partial charge in [0.25, 0.3) is 0 Å². The van der Waals surface area contributed by atoms with Crippen LogP contribution in [-0.2, 0) is 4.74 Å². The Bertz CT molecular complexity index is 990. The zero-order valence-corrected chi connectivity index (χ0v) is 20.7. The number of aromatic hydroxyl groups is 1. The molecule has 3 rings (SSSR count). The predicted octanol–water partition coefficient (Wildman–Crippen LogP) is 7.16. The Morgan fingerprint density at radius 3 is 1.94 bits per heavy atom. The maximum Gasteiger partial charge on any atom is 0.338 e. The van der Waals surface area contributed by atoms with Gasteiger partial charge in [-0.05, 0) is 43.5 Å². The average Bonchev–Trinajstić information content (AvgIpc) is 2.88. The third-order valence-corrected chi connectivity index (χ3v) is 6.31. The molecule has 0 spiro atoms. The Balaban J connectivity index is 2.13. The molecule has 1 N–H and O–H groups in total. The molecule has 0 amide bonds. The first-order valence-corrected chi connectivity index (χ1v) is 12.5. The van der Waals surface area contributed by atoms with Gasteiger partial charge in [0.05, 0.1) is 17.9 Å². The first-order chi connectivity index (χ1) is 16.6. The Labute approximate surface area is 204 Å². The number of rotatable bonds is 12. The second-order valence-corrected chi connectivity index (χ2v) is 8.52. The van der Waals surface area contributed by atoms with Crippen molar-refractivity contribution in [3.63, 3.8) is 0 Å². The van der Waals surface area contributed by atoms with Crippen molar-refractivity contribution in [1.29, 1.82) is 0 Å². The Morgan fingerprint density at radius 1 is 0.824 bits per heavy atom. The van der Waals surface area contributed by atoms with Crippen LogP contribution in [-0.4, -0.2) is 30.8 Å². The lowest BCUT2D eigenvalue weighted by atomic mass is 9.82. The molecule has 0 atom stereocenters. The highest BCUT2D eigenvalue weighted by atomic mass is 16.5. The van der Waals surface area contributed by atoms with Crippen molar-refractivity contribution in [1.82, 2.24) is 0 Å². The fourth-order valence-electron chi connectivity index (χ4n) is 4.47. The van der Waals surface area contributed by atoms with Crippen molar-refractivity contribution < 1.29 is 14.6 Å². The molecule has 34 heavy (non-hydrogen) atoms. The number of phenols is 1. The van der Waals surface area contributed by atoms with Crippen LogP contribution in [0.1, 0.15) is 79.4 Å². The maximum absolute atomic E-state index is 13.3. The van der Waals surface area contributed by atoms with Gasteiger partial charge < -0.3 is 14.7 Å².